The molecule has 0 bridgehead atoms. The molecule has 0 aliphatic carbocycles. The number of hydrogen-bond acceptors (Lipinski definition) is 2. The van der Waals surface area contributed by atoms with E-state index < -0.39 is 0 Å². The first-order chi connectivity index (χ1) is 13.4. The van der Waals surface area contributed by atoms with Gasteiger partial charge in [-0.25, -0.2) is 9.98 Å². The lowest BCUT2D eigenvalue weighted by molar-refractivity contribution is 0.546. The fourth-order valence-electron chi connectivity index (χ4n) is 3.67. The minimum Gasteiger partial charge on any atom is -0.325 e. The van der Waals surface area contributed by atoms with Crippen molar-refractivity contribution in [1.82, 2.24) is 9.38 Å². The second-order valence-electron chi connectivity index (χ2n) is 9.65. The van der Waals surface area contributed by atoms with Crippen LogP contribution >= 0.6 is 11.6 Å². The van der Waals surface area contributed by atoms with E-state index in [9.17, 15) is 0 Å². The van der Waals surface area contributed by atoms with E-state index in [1.807, 2.05) is 18.3 Å². The van der Waals surface area contributed by atoms with Crippen LogP contribution in [0.2, 0.25) is 5.02 Å². The molecule has 1 aromatic carbocycles. The highest BCUT2D eigenvalue weighted by molar-refractivity contribution is 6.30. The Bertz CT molecular complexity index is 1130. The van der Waals surface area contributed by atoms with Gasteiger partial charge in [0, 0.05) is 17.3 Å². The molecule has 5 nitrogen and oxygen atoms in total. The van der Waals surface area contributed by atoms with E-state index in [1.165, 1.54) is 5.56 Å². The molecule has 0 radical (unpaired) electrons. The Morgan fingerprint density at radius 3 is 2.41 bits per heavy atom. The number of benzene rings is 1. The first-order valence-electron chi connectivity index (χ1n) is 9.90. The second kappa shape index (κ2) is 6.49. The Morgan fingerprint density at radius 2 is 1.76 bits per heavy atom. The summed E-state index contributed by atoms with van der Waals surface area (Å²) < 4.78 is 2.07. The Morgan fingerprint density at radius 1 is 1.03 bits per heavy atom. The van der Waals surface area contributed by atoms with Crippen molar-refractivity contribution < 1.29 is 0 Å². The van der Waals surface area contributed by atoms with Crippen molar-refractivity contribution in [2.45, 2.75) is 59.5 Å². The highest BCUT2D eigenvalue weighted by Gasteiger charge is 2.36. The molecule has 4 rings (SSSR count). The van der Waals surface area contributed by atoms with E-state index in [4.69, 9.17) is 21.6 Å². The molecule has 0 atom stereocenters. The van der Waals surface area contributed by atoms with Gasteiger partial charge in [-0.05, 0) is 72.7 Å². The number of guanidine groups is 1. The number of nitrogens with zero attached hydrogens (tertiary/aromatic N) is 4. The summed E-state index contributed by atoms with van der Waals surface area (Å²) in [5, 5.41) is 4.27. The minimum absolute atomic E-state index is 0.249. The molecule has 1 aliphatic heterocycles. The molecule has 0 saturated carbocycles. The number of pyridine rings is 1. The molecule has 3 heterocycles. The number of halogens is 1. The normalized spacial score (nSPS) is 15.9. The summed E-state index contributed by atoms with van der Waals surface area (Å²) >= 11 is 6.38. The molecule has 0 spiro atoms. The van der Waals surface area contributed by atoms with Crippen LogP contribution in [0.5, 0.6) is 0 Å². The van der Waals surface area contributed by atoms with E-state index in [0.29, 0.717) is 5.02 Å². The number of fused-ring (bicyclic) bond motifs is 5. The summed E-state index contributed by atoms with van der Waals surface area (Å²) in [6, 6.07) is 10.2. The summed E-state index contributed by atoms with van der Waals surface area (Å²) in [6.45, 7) is 15.0. The number of imidazole rings is 1. The molecule has 6 heteroatoms. The molecule has 2 aromatic heterocycles. The number of rotatable bonds is 0. The molecule has 3 aromatic rings. The van der Waals surface area contributed by atoms with Gasteiger partial charge < -0.3 is 5.32 Å². The Hall–Kier alpha value is -2.53. The highest BCUT2D eigenvalue weighted by Crippen LogP contribution is 2.42. The van der Waals surface area contributed by atoms with Crippen molar-refractivity contribution in [2.24, 2.45) is 4.99 Å². The van der Waals surface area contributed by atoms with Gasteiger partial charge in [-0.2, -0.15) is 0 Å². The third kappa shape index (κ3) is 3.60. The Labute approximate surface area is 177 Å². The topological polar surface area (TPSA) is 44.9 Å². The molecule has 29 heavy (non-hydrogen) atoms. The van der Waals surface area contributed by atoms with Crippen LogP contribution in [0.3, 0.4) is 0 Å². The highest BCUT2D eigenvalue weighted by atomic mass is 35.5. The predicted octanol–water partition coefficient (Wildman–Crippen LogP) is 6.15. The monoisotopic (exact) mass is 409 g/mol. The maximum absolute atomic E-state index is 6.38. The largest absolute Gasteiger partial charge is 0.325 e. The van der Waals surface area contributed by atoms with Gasteiger partial charge >= 0.3 is 0 Å². The van der Waals surface area contributed by atoms with E-state index in [0.717, 1.165) is 34.4 Å². The molecule has 0 saturated heterocycles. The molecular weight excluding hydrogens is 382 g/mol. The van der Waals surface area contributed by atoms with Crippen LogP contribution in [0.15, 0.2) is 41.5 Å². The number of anilines is 2. The fraction of sp³-hybridized carbons (Fsp3) is 0.391. The van der Waals surface area contributed by atoms with Gasteiger partial charge in [-0.15, -0.1) is 0 Å². The first-order valence-corrected chi connectivity index (χ1v) is 10.3. The van der Waals surface area contributed by atoms with Crippen LogP contribution in [0, 0.1) is 6.92 Å². The Balaban J connectivity index is 2.15. The molecule has 152 valence electrons. The number of hydrogen-bond donors (Lipinski definition) is 1. The van der Waals surface area contributed by atoms with Gasteiger partial charge in [0.25, 0.3) is 0 Å². The summed E-state index contributed by atoms with van der Waals surface area (Å²) in [6.07, 6.45) is 1.93. The van der Waals surface area contributed by atoms with Gasteiger partial charge in [0.1, 0.15) is 17.2 Å². The number of nitrogens with one attached hydrogen (secondary N) is 1. The van der Waals surface area contributed by atoms with Crippen molar-refractivity contribution in [3.8, 4) is 11.3 Å². The van der Waals surface area contributed by atoms with Gasteiger partial charge in [-0.3, -0.25) is 9.30 Å². The van der Waals surface area contributed by atoms with Crippen LogP contribution in [-0.2, 0) is 0 Å². The average molecular weight is 410 g/mol. The van der Waals surface area contributed by atoms with Gasteiger partial charge in [-0.1, -0.05) is 23.2 Å². The number of aryl methyl sites for hydroxylation is 1. The summed E-state index contributed by atoms with van der Waals surface area (Å²) in [4.78, 5) is 12.3. The maximum atomic E-state index is 6.38. The lowest BCUT2D eigenvalue weighted by Gasteiger charge is -2.38. The SMILES string of the molecule is Cc1ccc2c(c1)-c1nc3ccc(Cl)cn3c1N(C(C)(C)C)C(=NC(C)(C)C)N2. The standard InChI is InChI=1S/C23H28ClN5/c1-14-8-10-17-16(12-14)19-20(28-13-15(24)9-11-18(28)26-19)29(23(5,6)7)21(25-17)27-22(2,3)4/h8-13H,1-7H3,(H,25,27). The van der Waals surface area contributed by atoms with Gasteiger partial charge in [0.05, 0.1) is 16.2 Å². The molecule has 0 fully saturated rings. The van der Waals surface area contributed by atoms with Crippen molar-refractivity contribution in [2.75, 3.05) is 10.2 Å². The lowest BCUT2D eigenvalue weighted by atomic mass is 10.0. The van der Waals surface area contributed by atoms with Crippen LogP contribution in [0.25, 0.3) is 16.9 Å². The van der Waals surface area contributed by atoms with E-state index in [-0.39, 0.29) is 11.1 Å². The second-order valence-corrected chi connectivity index (χ2v) is 10.1. The number of aromatic nitrogens is 2. The van der Waals surface area contributed by atoms with Crippen LogP contribution in [-0.4, -0.2) is 26.4 Å². The zero-order valence-electron chi connectivity index (χ0n) is 18.1. The molecule has 1 aliphatic rings. The zero-order valence-corrected chi connectivity index (χ0v) is 18.9. The lowest BCUT2D eigenvalue weighted by Crippen LogP contribution is -2.50. The van der Waals surface area contributed by atoms with E-state index in [2.05, 4.69) is 81.3 Å². The smallest absolute Gasteiger partial charge is 0.205 e. The molecular formula is C23H28ClN5. The fourth-order valence-corrected chi connectivity index (χ4v) is 3.83. The van der Waals surface area contributed by atoms with E-state index in [1.54, 1.807) is 0 Å². The van der Waals surface area contributed by atoms with Crippen molar-refractivity contribution >= 4 is 34.7 Å². The van der Waals surface area contributed by atoms with Crippen LogP contribution in [0.1, 0.15) is 47.1 Å². The summed E-state index contributed by atoms with van der Waals surface area (Å²) in [5.41, 5.74) is 4.53. The molecule has 0 amide bonds. The Kier molecular flexibility index (Phi) is 4.43. The van der Waals surface area contributed by atoms with Crippen molar-refractivity contribution in [3.63, 3.8) is 0 Å². The zero-order chi connectivity index (χ0) is 21.1. The summed E-state index contributed by atoms with van der Waals surface area (Å²) in [7, 11) is 0. The van der Waals surface area contributed by atoms with Gasteiger partial charge in [0.2, 0.25) is 5.96 Å². The number of aliphatic imine (C=N–C) groups is 1. The quantitative estimate of drug-likeness (QED) is 0.484. The van der Waals surface area contributed by atoms with Gasteiger partial charge in [0.15, 0.2) is 0 Å². The molecule has 1 N–H and O–H groups in total. The van der Waals surface area contributed by atoms with Crippen molar-refractivity contribution in [3.05, 3.63) is 47.1 Å². The maximum Gasteiger partial charge on any atom is 0.205 e. The molecule has 0 unspecified atom stereocenters. The van der Waals surface area contributed by atoms with Crippen molar-refractivity contribution in [1.29, 1.82) is 0 Å². The third-order valence-corrected chi connectivity index (χ3v) is 4.99. The first kappa shape index (κ1) is 19.8. The summed E-state index contributed by atoms with van der Waals surface area (Å²) in [5.74, 6) is 1.77. The van der Waals surface area contributed by atoms with E-state index >= 15 is 0 Å². The average Bonchev–Trinajstić information content (AvgIpc) is 2.86. The predicted molar refractivity (Wildman–Crippen MR) is 123 cm³/mol. The van der Waals surface area contributed by atoms with Crippen LogP contribution in [0.4, 0.5) is 11.5 Å². The van der Waals surface area contributed by atoms with Crippen LogP contribution < -0.4 is 10.2 Å². The third-order valence-electron chi connectivity index (χ3n) is 4.77. The minimum atomic E-state index is -0.251.